The van der Waals surface area contributed by atoms with Crippen LogP contribution in [0.1, 0.15) is 5.56 Å². The van der Waals surface area contributed by atoms with Gasteiger partial charge in [0.05, 0.1) is 26.8 Å². The molecule has 2 N–H and O–H groups in total. The van der Waals surface area contributed by atoms with Crippen molar-refractivity contribution in [1.29, 1.82) is 0 Å². The lowest BCUT2D eigenvalue weighted by atomic mass is 9.90. The number of amides is 1. The minimum absolute atomic E-state index is 0.101. The van der Waals surface area contributed by atoms with Crippen LogP contribution in [0.4, 0.5) is 4.79 Å². The first-order valence-electron chi connectivity index (χ1n) is 8.68. The van der Waals surface area contributed by atoms with Crippen LogP contribution in [-0.4, -0.2) is 62.5 Å². The van der Waals surface area contributed by atoms with E-state index < -0.39 is 25.7 Å². The van der Waals surface area contributed by atoms with Gasteiger partial charge in [-0.3, -0.25) is 10.1 Å². The number of ether oxygens (including phenoxy) is 2. The molecule has 1 saturated heterocycles. The summed E-state index contributed by atoms with van der Waals surface area (Å²) in [5.74, 6) is -0.213. The molecule has 1 heterocycles. The van der Waals surface area contributed by atoms with E-state index >= 15 is 0 Å². The highest BCUT2D eigenvalue weighted by Crippen LogP contribution is 2.24. The zero-order valence-electron chi connectivity index (χ0n) is 15.9. The number of hydrogen-bond acceptors (Lipinski definition) is 5. The molecule has 7 nitrogen and oxygen atoms in total. The van der Waals surface area contributed by atoms with Crippen molar-refractivity contribution >= 4 is 20.1 Å². The summed E-state index contributed by atoms with van der Waals surface area (Å²) in [7, 11) is 0.330. The topological polar surface area (TPSA) is 88.1 Å². The third kappa shape index (κ3) is 5.22. The van der Waals surface area contributed by atoms with Gasteiger partial charge in [0, 0.05) is 14.6 Å². The highest BCUT2D eigenvalue weighted by molar-refractivity contribution is 6.76. The summed E-state index contributed by atoms with van der Waals surface area (Å²) in [6.07, 6.45) is -0.439. The molecule has 0 aliphatic carbocycles. The van der Waals surface area contributed by atoms with E-state index in [1.165, 1.54) is 4.90 Å². The molecular weight excluding hydrogens is 352 g/mol. The Morgan fingerprint density at radius 3 is 2.35 bits per heavy atom. The van der Waals surface area contributed by atoms with Gasteiger partial charge in [-0.05, 0) is 23.7 Å². The molecule has 1 fully saturated rings. The number of carbonyl (C=O) groups excluding carboxylic acids is 1. The summed E-state index contributed by atoms with van der Waals surface area (Å²) >= 11 is 0. The summed E-state index contributed by atoms with van der Waals surface area (Å²) in [4.78, 5) is 25.2. The molecule has 26 heavy (non-hydrogen) atoms. The van der Waals surface area contributed by atoms with E-state index in [4.69, 9.17) is 9.47 Å². The fraction of sp³-hybridized carbons (Fsp3) is 0.556. The lowest BCUT2D eigenvalue weighted by molar-refractivity contribution is -0.151. The monoisotopic (exact) mass is 380 g/mol. The van der Waals surface area contributed by atoms with Crippen molar-refractivity contribution in [3.05, 3.63) is 29.8 Å². The number of carboxylic acids is 1. The van der Waals surface area contributed by atoms with Crippen molar-refractivity contribution < 1.29 is 24.2 Å². The molecular formula is C18H28N2O5Si. The van der Waals surface area contributed by atoms with Crippen LogP contribution < -0.4 is 10.1 Å². The molecule has 0 aromatic heterocycles. The van der Waals surface area contributed by atoms with Crippen LogP contribution in [0.3, 0.4) is 0 Å². The Hall–Kier alpha value is -2.06. The number of hydrogen-bond donors (Lipinski definition) is 2. The molecule has 1 aliphatic heterocycles. The number of carboxylic acid groups (broad SMARTS) is 1. The summed E-state index contributed by atoms with van der Waals surface area (Å²) in [5, 5.41) is 12.6. The fourth-order valence-corrected chi connectivity index (χ4v) is 3.32. The predicted molar refractivity (Wildman–Crippen MR) is 101 cm³/mol. The maximum Gasteiger partial charge on any atom is 0.409 e. The Balaban J connectivity index is 1.84. The van der Waals surface area contributed by atoms with E-state index in [2.05, 4.69) is 25.0 Å². The molecule has 1 aromatic carbocycles. The van der Waals surface area contributed by atoms with Gasteiger partial charge in [-0.15, -0.1) is 0 Å². The summed E-state index contributed by atoms with van der Waals surface area (Å²) in [6.45, 7) is 7.63. The Morgan fingerprint density at radius 1 is 1.23 bits per heavy atom. The molecule has 0 atom stereocenters. The van der Waals surface area contributed by atoms with Gasteiger partial charge < -0.3 is 19.5 Å². The zero-order valence-corrected chi connectivity index (χ0v) is 16.9. The van der Waals surface area contributed by atoms with E-state index in [0.29, 0.717) is 13.2 Å². The molecule has 0 saturated carbocycles. The minimum Gasteiger partial charge on any atom is -0.497 e. The SMILES string of the molecule is COc1ccc(CNC2(C(=O)O)CN(C(=O)OCC[Si](C)(C)C)C2)cc1. The molecule has 0 unspecified atom stereocenters. The third-order valence-electron chi connectivity index (χ3n) is 4.46. The quantitative estimate of drug-likeness (QED) is 0.673. The second kappa shape index (κ2) is 8.09. The second-order valence-electron chi connectivity index (χ2n) is 7.87. The number of nitrogens with zero attached hydrogens (tertiary/aromatic N) is 1. The average molecular weight is 381 g/mol. The minimum atomic E-state index is -1.27. The third-order valence-corrected chi connectivity index (χ3v) is 6.16. The van der Waals surface area contributed by atoms with Crippen LogP contribution in [0.5, 0.6) is 5.75 Å². The summed E-state index contributed by atoms with van der Waals surface area (Å²) < 4.78 is 10.4. The van der Waals surface area contributed by atoms with Crippen molar-refractivity contribution in [2.75, 3.05) is 26.8 Å². The lowest BCUT2D eigenvalue weighted by Crippen LogP contribution is -2.74. The second-order valence-corrected chi connectivity index (χ2v) is 13.5. The van der Waals surface area contributed by atoms with Crippen LogP contribution in [0.25, 0.3) is 0 Å². The molecule has 0 spiro atoms. The van der Waals surface area contributed by atoms with Crippen LogP contribution in [0.15, 0.2) is 24.3 Å². The first-order valence-corrected chi connectivity index (χ1v) is 12.4. The maximum atomic E-state index is 12.1. The van der Waals surface area contributed by atoms with Gasteiger partial charge in [0.25, 0.3) is 0 Å². The van der Waals surface area contributed by atoms with Gasteiger partial charge in [-0.25, -0.2) is 4.79 Å². The van der Waals surface area contributed by atoms with Gasteiger partial charge in [0.15, 0.2) is 5.54 Å². The van der Waals surface area contributed by atoms with Crippen molar-refractivity contribution in [2.45, 2.75) is 37.8 Å². The van der Waals surface area contributed by atoms with E-state index in [9.17, 15) is 14.7 Å². The Bertz CT molecular complexity index is 636. The number of methoxy groups -OCH3 is 1. The van der Waals surface area contributed by atoms with Crippen LogP contribution in [0.2, 0.25) is 25.7 Å². The lowest BCUT2D eigenvalue weighted by Gasteiger charge is -2.46. The average Bonchev–Trinajstić information content (AvgIpc) is 2.52. The normalized spacial score (nSPS) is 15.9. The number of benzene rings is 1. The summed E-state index contributed by atoms with van der Waals surface area (Å²) in [6, 6.07) is 8.30. The number of rotatable bonds is 8. The Labute approximate surface area is 155 Å². The van der Waals surface area contributed by atoms with Crippen LogP contribution in [0, 0.1) is 0 Å². The standard InChI is InChI=1S/C18H28N2O5Si/c1-24-15-7-5-14(6-8-15)11-19-18(16(21)22)12-20(13-18)17(23)25-9-10-26(2,3)4/h5-8,19H,9-13H2,1-4H3,(H,21,22). The number of aliphatic carboxylic acids is 1. The number of carbonyl (C=O) groups is 2. The molecule has 1 aromatic rings. The van der Waals surface area contributed by atoms with Crippen molar-refractivity contribution in [3.63, 3.8) is 0 Å². The molecule has 8 heteroatoms. The van der Waals surface area contributed by atoms with Crippen molar-refractivity contribution in [3.8, 4) is 5.75 Å². The highest BCUT2D eigenvalue weighted by Gasteiger charge is 2.51. The predicted octanol–water partition coefficient (Wildman–Crippen LogP) is 2.40. The number of nitrogens with one attached hydrogen (secondary N) is 1. The molecule has 0 bridgehead atoms. The van der Waals surface area contributed by atoms with E-state index in [1.807, 2.05) is 24.3 Å². The van der Waals surface area contributed by atoms with Crippen molar-refractivity contribution in [1.82, 2.24) is 10.2 Å². The highest BCUT2D eigenvalue weighted by atomic mass is 28.3. The van der Waals surface area contributed by atoms with Gasteiger partial charge in [0.2, 0.25) is 0 Å². The molecule has 144 valence electrons. The van der Waals surface area contributed by atoms with Gasteiger partial charge in [-0.1, -0.05) is 31.8 Å². The van der Waals surface area contributed by atoms with E-state index in [1.54, 1.807) is 7.11 Å². The first-order chi connectivity index (χ1) is 12.1. The van der Waals surface area contributed by atoms with Gasteiger partial charge >= 0.3 is 12.1 Å². The molecule has 1 amide bonds. The van der Waals surface area contributed by atoms with Crippen molar-refractivity contribution in [2.24, 2.45) is 0 Å². The molecule has 1 aliphatic rings. The Kier molecular flexibility index (Phi) is 6.30. The summed E-state index contributed by atoms with van der Waals surface area (Å²) in [5.41, 5.74) is -0.180. The van der Waals surface area contributed by atoms with Gasteiger partial charge in [-0.2, -0.15) is 0 Å². The van der Waals surface area contributed by atoms with E-state index in [-0.39, 0.29) is 13.1 Å². The first kappa shape index (κ1) is 20.3. The smallest absolute Gasteiger partial charge is 0.409 e. The van der Waals surface area contributed by atoms with Crippen LogP contribution >= 0.6 is 0 Å². The van der Waals surface area contributed by atoms with Gasteiger partial charge in [0.1, 0.15) is 5.75 Å². The largest absolute Gasteiger partial charge is 0.497 e. The Morgan fingerprint density at radius 2 is 1.85 bits per heavy atom. The van der Waals surface area contributed by atoms with E-state index in [0.717, 1.165) is 17.4 Å². The maximum absolute atomic E-state index is 12.1. The molecule has 2 rings (SSSR count). The fourth-order valence-electron chi connectivity index (χ4n) is 2.61. The zero-order chi connectivity index (χ0) is 19.4. The molecule has 0 radical (unpaired) electrons. The number of likely N-dealkylation sites (tertiary alicyclic amines) is 1. The van der Waals surface area contributed by atoms with Crippen LogP contribution in [-0.2, 0) is 16.1 Å².